The summed E-state index contributed by atoms with van der Waals surface area (Å²) in [5.41, 5.74) is 0.996. The van der Waals surface area contributed by atoms with Crippen LogP contribution in [0.1, 0.15) is 57.9 Å². The summed E-state index contributed by atoms with van der Waals surface area (Å²) < 4.78 is 31.4. The van der Waals surface area contributed by atoms with E-state index in [0.717, 1.165) is 62.3 Å². The first-order valence-electron chi connectivity index (χ1n) is 11.3. The summed E-state index contributed by atoms with van der Waals surface area (Å²) in [5, 5.41) is 7.26. The van der Waals surface area contributed by atoms with Crippen LogP contribution in [0.2, 0.25) is 0 Å². The summed E-state index contributed by atoms with van der Waals surface area (Å²) in [6, 6.07) is 7.16. The molecule has 1 saturated heterocycles. The fraction of sp³-hybridized carbons (Fsp3) is 0.696. The van der Waals surface area contributed by atoms with E-state index in [1.165, 1.54) is 12.1 Å². The summed E-state index contributed by atoms with van der Waals surface area (Å²) in [7, 11) is -0.739. The predicted molar refractivity (Wildman–Crippen MR) is 137 cm³/mol. The SMILES string of the molecule is CCNC(=NCC1(c2ccc(F)cc2)CCOCC1)NC1CCCC(S(=O)CC)C1.I. The fourth-order valence-electron chi connectivity index (χ4n) is 4.60. The van der Waals surface area contributed by atoms with Crippen LogP contribution in [0.4, 0.5) is 4.39 Å². The third kappa shape index (κ3) is 7.39. The topological polar surface area (TPSA) is 62.7 Å². The predicted octanol–water partition coefficient (Wildman–Crippen LogP) is 4.13. The Bertz CT molecular complexity index is 726. The van der Waals surface area contributed by atoms with Crippen LogP contribution in [0, 0.1) is 5.82 Å². The number of rotatable bonds is 7. The van der Waals surface area contributed by atoms with Gasteiger partial charge in [0.15, 0.2) is 5.96 Å². The molecule has 0 radical (unpaired) electrons. The van der Waals surface area contributed by atoms with E-state index in [4.69, 9.17) is 9.73 Å². The van der Waals surface area contributed by atoms with Crippen molar-refractivity contribution in [2.45, 2.75) is 69.1 Å². The van der Waals surface area contributed by atoms with Gasteiger partial charge in [-0.05, 0) is 56.7 Å². The van der Waals surface area contributed by atoms with Gasteiger partial charge in [0.25, 0.3) is 0 Å². The van der Waals surface area contributed by atoms with Gasteiger partial charge in [-0.1, -0.05) is 25.5 Å². The Kier molecular flexibility index (Phi) is 11.2. The summed E-state index contributed by atoms with van der Waals surface area (Å²) in [4.78, 5) is 4.96. The second-order valence-corrected chi connectivity index (χ2v) is 10.4. The molecule has 1 saturated carbocycles. The van der Waals surface area contributed by atoms with Crippen molar-refractivity contribution in [3.63, 3.8) is 0 Å². The summed E-state index contributed by atoms with van der Waals surface area (Å²) in [6.07, 6.45) is 5.93. The molecule has 0 aromatic heterocycles. The van der Waals surface area contributed by atoms with Crippen molar-refractivity contribution in [2.24, 2.45) is 4.99 Å². The number of guanidine groups is 1. The molecule has 3 rings (SSSR count). The van der Waals surface area contributed by atoms with Crippen LogP contribution < -0.4 is 10.6 Å². The highest BCUT2D eigenvalue weighted by Crippen LogP contribution is 2.35. The molecule has 8 heteroatoms. The minimum atomic E-state index is -0.739. The molecule has 31 heavy (non-hydrogen) atoms. The van der Waals surface area contributed by atoms with E-state index < -0.39 is 10.8 Å². The lowest BCUT2D eigenvalue weighted by molar-refractivity contribution is 0.0530. The summed E-state index contributed by atoms with van der Waals surface area (Å²) in [6.45, 7) is 6.89. The molecular formula is C23H37FIN3O2S. The van der Waals surface area contributed by atoms with E-state index in [1.54, 1.807) is 0 Å². The Hall–Kier alpha value is -0.740. The number of hydrogen-bond acceptors (Lipinski definition) is 3. The minimum absolute atomic E-state index is 0. The molecule has 5 nitrogen and oxygen atoms in total. The van der Waals surface area contributed by atoms with Crippen LogP contribution in [-0.4, -0.2) is 53.5 Å². The van der Waals surface area contributed by atoms with E-state index in [1.807, 2.05) is 19.1 Å². The molecule has 1 aliphatic carbocycles. The van der Waals surface area contributed by atoms with Crippen molar-refractivity contribution in [1.29, 1.82) is 0 Å². The monoisotopic (exact) mass is 565 g/mol. The number of ether oxygens (including phenoxy) is 1. The van der Waals surface area contributed by atoms with E-state index >= 15 is 0 Å². The molecule has 2 fully saturated rings. The molecule has 1 aliphatic heterocycles. The number of hydrogen-bond donors (Lipinski definition) is 2. The van der Waals surface area contributed by atoms with Gasteiger partial charge in [-0.2, -0.15) is 0 Å². The van der Waals surface area contributed by atoms with Crippen LogP contribution >= 0.6 is 24.0 Å². The molecular weight excluding hydrogens is 528 g/mol. The first kappa shape index (κ1) is 26.5. The van der Waals surface area contributed by atoms with Gasteiger partial charge >= 0.3 is 0 Å². The van der Waals surface area contributed by atoms with Crippen LogP contribution in [0.15, 0.2) is 29.3 Å². The average molecular weight is 566 g/mol. The zero-order valence-electron chi connectivity index (χ0n) is 18.7. The standard InChI is InChI=1S/C23H36FN3O2S.HI/c1-3-25-22(27-20-6-5-7-21(16-20)30(28)4-2)26-17-23(12-14-29-15-13-23)18-8-10-19(24)11-9-18;/h8-11,20-21H,3-7,12-17H2,1-2H3,(H2,25,26,27);1H. The van der Waals surface area contributed by atoms with Gasteiger partial charge in [0.2, 0.25) is 0 Å². The summed E-state index contributed by atoms with van der Waals surface area (Å²) in [5.74, 6) is 1.34. The van der Waals surface area contributed by atoms with Gasteiger partial charge in [0, 0.05) is 53.0 Å². The largest absolute Gasteiger partial charge is 0.381 e. The third-order valence-electron chi connectivity index (χ3n) is 6.41. The van der Waals surface area contributed by atoms with Crippen molar-refractivity contribution in [3.05, 3.63) is 35.6 Å². The van der Waals surface area contributed by atoms with E-state index in [2.05, 4.69) is 17.6 Å². The lowest BCUT2D eigenvalue weighted by Gasteiger charge is -2.37. The number of nitrogens with one attached hydrogen (secondary N) is 2. The van der Waals surface area contributed by atoms with Crippen LogP contribution in [0.3, 0.4) is 0 Å². The molecule has 0 spiro atoms. The molecule has 176 valence electrons. The van der Waals surface area contributed by atoms with Crippen LogP contribution in [-0.2, 0) is 21.0 Å². The Labute approximate surface area is 205 Å². The maximum atomic E-state index is 13.5. The highest BCUT2D eigenvalue weighted by Gasteiger charge is 2.35. The first-order chi connectivity index (χ1) is 14.6. The zero-order valence-corrected chi connectivity index (χ0v) is 21.8. The number of halogens is 2. The van der Waals surface area contributed by atoms with Gasteiger partial charge in [-0.3, -0.25) is 9.20 Å². The highest BCUT2D eigenvalue weighted by molar-refractivity contribution is 14.0. The highest BCUT2D eigenvalue weighted by atomic mass is 127. The Balaban J connectivity index is 0.00000341. The van der Waals surface area contributed by atoms with Crippen molar-refractivity contribution < 1.29 is 13.3 Å². The van der Waals surface area contributed by atoms with E-state index in [-0.39, 0.29) is 40.5 Å². The first-order valence-corrected chi connectivity index (χ1v) is 12.7. The van der Waals surface area contributed by atoms with Crippen molar-refractivity contribution >= 4 is 40.7 Å². The molecule has 0 amide bonds. The third-order valence-corrected chi connectivity index (χ3v) is 8.15. The molecule has 1 heterocycles. The molecule has 2 aliphatic rings. The van der Waals surface area contributed by atoms with Gasteiger partial charge < -0.3 is 15.4 Å². The normalized spacial score (nSPS) is 24.7. The zero-order chi connectivity index (χ0) is 21.4. The molecule has 3 atom stereocenters. The Morgan fingerprint density at radius 2 is 1.94 bits per heavy atom. The fourth-order valence-corrected chi connectivity index (χ4v) is 5.95. The molecule has 0 bridgehead atoms. The van der Waals surface area contributed by atoms with E-state index in [9.17, 15) is 8.60 Å². The van der Waals surface area contributed by atoms with Crippen molar-refractivity contribution in [3.8, 4) is 0 Å². The Morgan fingerprint density at radius 3 is 2.58 bits per heavy atom. The number of aliphatic imine (C=N–C) groups is 1. The van der Waals surface area contributed by atoms with Crippen LogP contribution in [0.5, 0.6) is 0 Å². The minimum Gasteiger partial charge on any atom is -0.381 e. The van der Waals surface area contributed by atoms with Gasteiger partial charge in [-0.25, -0.2) is 4.39 Å². The van der Waals surface area contributed by atoms with Crippen molar-refractivity contribution in [1.82, 2.24) is 10.6 Å². The molecule has 3 unspecified atom stereocenters. The second kappa shape index (κ2) is 13.1. The van der Waals surface area contributed by atoms with E-state index in [0.29, 0.717) is 25.8 Å². The molecule has 2 N–H and O–H groups in total. The van der Waals surface area contributed by atoms with Gasteiger partial charge in [0.1, 0.15) is 5.82 Å². The van der Waals surface area contributed by atoms with Gasteiger partial charge in [-0.15, -0.1) is 24.0 Å². The summed E-state index contributed by atoms with van der Waals surface area (Å²) >= 11 is 0. The average Bonchev–Trinajstić information content (AvgIpc) is 2.78. The quantitative estimate of drug-likeness (QED) is 0.297. The maximum Gasteiger partial charge on any atom is 0.191 e. The Morgan fingerprint density at radius 1 is 1.23 bits per heavy atom. The number of benzene rings is 1. The number of nitrogens with zero attached hydrogens (tertiary/aromatic N) is 1. The van der Waals surface area contributed by atoms with Gasteiger partial charge in [0.05, 0.1) is 6.54 Å². The van der Waals surface area contributed by atoms with Crippen LogP contribution in [0.25, 0.3) is 0 Å². The second-order valence-electron chi connectivity index (χ2n) is 8.39. The van der Waals surface area contributed by atoms with Crippen molar-refractivity contribution in [2.75, 3.05) is 32.1 Å². The molecule has 1 aromatic carbocycles. The maximum absolute atomic E-state index is 13.5. The smallest absolute Gasteiger partial charge is 0.191 e. The molecule has 1 aromatic rings. The lowest BCUT2D eigenvalue weighted by Crippen LogP contribution is -2.47. The lowest BCUT2D eigenvalue weighted by atomic mass is 9.74.